The molecule has 3 aliphatic rings. The van der Waals surface area contributed by atoms with Crippen LogP contribution < -0.4 is 15.1 Å². The molecular weight excluding hydrogens is 418 g/mol. The SMILES string of the molecule is CC(C)OC1c2ccccc2N2C(=O)N(c3ccccc3)C3(c4ccccc4)OC(=O)NC123. The number of benzene rings is 3. The number of para-hydroxylation sites is 2. The summed E-state index contributed by atoms with van der Waals surface area (Å²) in [6.45, 7) is 3.88. The first-order valence-corrected chi connectivity index (χ1v) is 11.0. The van der Waals surface area contributed by atoms with Gasteiger partial charge in [-0.1, -0.05) is 66.7 Å². The van der Waals surface area contributed by atoms with E-state index in [9.17, 15) is 9.59 Å². The Kier molecular flexibility index (Phi) is 4.10. The Labute approximate surface area is 191 Å². The van der Waals surface area contributed by atoms with Crippen molar-refractivity contribution in [2.75, 3.05) is 9.80 Å². The molecule has 1 N–H and O–H groups in total. The van der Waals surface area contributed by atoms with Gasteiger partial charge in [0.1, 0.15) is 6.10 Å². The smallest absolute Gasteiger partial charge is 0.411 e. The highest BCUT2D eigenvalue weighted by Crippen LogP contribution is 2.64. The van der Waals surface area contributed by atoms with Gasteiger partial charge >= 0.3 is 12.1 Å². The van der Waals surface area contributed by atoms with E-state index in [1.807, 2.05) is 98.8 Å². The molecule has 0 bridgehead atoms. The summed E-state index contributed by atoms with van der Waals surface area (Å²) in [6.07, 6.45) is -1.43. The molecule has 33 heavy (non-hydrogen) atoms. The van der Waals surface area contributed by atoms with Crippen LogP contribution in [0.4, 0.5) is 21.0 Å². The van der Waals surface area contributed by atoms with Gasteiger partial charge in [-0.2, -0.15) is 0 Å². The number of urea groups is 1. The zero-order valence-corrected chi connectivity index (χ0v) is 18.3. The first-order chi connectivity index (χ1) is 16.0. The van der Waals surface area contributed by atoms with Crippen molar-refractivity contribution < 1.29 is 19.1 Å². The minimum absolute atomic E-state index is 0.163. The summed E-state index contributed by atoms with van der Waals surface area (Å²) >= 11 is 0. The molecule has 3 heterocycles. The number of hydrogen-bond donors (Lipinski definition) is 1. The average molecular weight is 441 g/mol. The topological polar surface area (TPSA) is 71.1 Å². The Morgan fingerprint density at radius 3 is 2.21 bits per heavy atom. The second-order valence-electron chi connectivity index (χ2n) is 8.70. The number of fused-ring (bicyclic) bond motifs is 2. The summed E-state index contributed by atoms with van der Waals surface area (Å²) in [6, 6.07) is 26.0. The van der Waals surface area contributed by atoms with Gasteiger partial charge in [0.15, 0.2) is 0 Å². The molecule has 3 aromatic carbocycles. The summed E-state index contributed by atoms with van der Waals surface area (Å²) in [5.41, 5.74) is -0.0176. The fraction of sp³-hybridized carbons (Fsp3) is 0.231. The van der Waals surface area contributed by atoms with Crippen molar-refractivity contribution in [3.8, 4) is 0 Å². The maximum Gasteiger partial charge on any atom is 0.411 e. The maximum atomic E-state index is 14.2. The normalized spacial score (nSPS) is 27.3. The average Bonchev–Trinajstić information content (AvgIpc) is 3.34. The van der Waals surface area contributed by atoms with Crippen molar-refractivity contribution >= 4 is 23.5 Å². The molecule has 1 spiro atoms. The highest BCUT2D eigenvalue weighted by atomic mass is 16.6. The Bertz CT molecular complexity index is 1250. The van der Waals surface area contributed by atoms with E-state index in [0.717, 1.165) is 5.56 Å². The maximum absolute atomic E-state index is 14.2. The zero-order chi connectivity index (χ0) is 22.8. The van der Waals surface area contributed by atoms with Crippen LogP contribution in [0.1, 0.15) is 31.1 Å². The third-order valence-corrected chi connectivity index (χ3v) is 6.53. The molecular formula is C26H23N3O4. The second kappa shape index (κ2) is 6.83. The zero-order valence-electron chi connectivity index (χ0n) is 18.3. The van der Waals surface area contributed by atoms with Gasteiger partial charge in [-0.25, -0.2) is 14.5 Å². The van der Waals surface area contributed by atoms with E-state index in [-0.39, 0.29) is 12.1 Å². The Hall–Kier alpha value is -3.84. The number of carbonyl (C=O) groups excluding carboxylic acids is 2. The predicted octanol–water partition coefficient (Wildman–Crippen LogP) is 4.90. The van der Waals surface area contributed by atoms with Crippen molar-refractivity contribution in [3.05, 3.63) is 96.1 Å². The van der Waals surface area contributed by atoms with Gasteiger partial charge in [0, 0.05) is 16.8 Å². The van der Waals surface area contributed by atoms with Gasteiger partial charge in [0.05, 0.1) is 11.8 Å². The molecule has 7 nitrogen and oxygen atoms in total. The monoisotopic (exact) mass is 441 g/mol. The Balaban J connectivity index is 1.71. The van der Waals surface area contributed by atoms with Crippen LogP contribution in [0.3, 0.4) is 0 Å². The van der Waals surface area contributed by atoms with Crippen molar-refractivity contribution in [3.63, 3.8) is 0 Å². The molecule has 0 radical (unpaired) electrons. The fourth-order valence-electron chi connectivity index (χ4n) is 5.46. The molecule has 0 aliphatic carbocycles. The lowest BCUT2D eigenvalue weighted by Gasteiger charge is -2.43. The number of hydrogen-bond acceptors (Lipinski definition) is 4. The summed E-state index contributed by atoms with van der Waals surface area (Å²) < 4.78 is 12.6. The van der Waals surface area contributed by atoms with Crippen LogP contribution in [0.2, 0.25) is 0 Å². The molecule has 3 amide bonds. The molecule has 3 atom stereocenters. The molecule has 6 rings (SSSR count). The number of carbonyl (C=O) groups is 2. The van der Waals surface area contributed by atoms with Gasteiger partial charge in [0.25, 0.3) is 5.72 Å². The highest BCUT2D eigenvalue weighted by Gasteiger charge is 2.82. The lowest BCUT2D eigenvalue weighted by atomic mass is 9.84. The lowest BCUT2D eigenvalue weighted by molar-refractivity contribution is -0.0874. The van der Waals surface area contributed by atoms with Crippen molar-refractivity contribution in [2.45, 2.75) is 37.4 Å². The van der Waals surface area contributed by atoms with Gasteiger partial charge in [-0.3, -0.25) is 10.2 Å². The van der Waals surface area contributed by atoms with Crippen LogP contribution in [-0.4, -0.2) is 23.9 Å². The van der Waals surface area contributed by atoms with E-state index in [4.69, 9.17) is 9.47 Å². The van der Waals surface area contributed by atoms with E-state index in [1.54, 1.807) is 9.80 Å². The van der Waals surface area contributed by atoms with Gasteiger partial charge in [0.2, 0.25) is 5.66 Å². The highest BCUT2D eigenvalue weighted by molar-refractivity contribution is 6.13. The first-order valence-electron chi connectivity index (χ1n) is 11.0. The van der Waals surface area contributed by atoms with Crippen LogP contribution in [0.15, 0.2) is 84.9 Å². The number of rotatable bonds is 4. The number of nitrogens with zero attached hydrogens (tertiary/aromatic N) is 2. The fourth-order valence-corrected chi connectivity index (χ4v) is 5.46. The number of anilines is 2. The van der Waals surface area contributed by atoms with Gasteiger partial charge in [-0.15, -0.1) is 0 Å². The number of nitrogens with one attached hydrogen (secondary N) is 1. The van der Waals surface area contributed by atoms with Crippen molar-refractivity contribution in [2.24, 2.45) is 0 Å². The summed E-state index contributed by atoms with van der Waals surface area (Å²) in [7, 11) is 0. The summed E-state index contributed by atoms with van der Waals surface area (Å²) in [5, 5.41) is 3.04. The molecule has 0 saturated carbocycles. The minimum Gasteiger partial charge on any atom is -0.413 e. The third-order valence-electron chi connectivity index (χ3n) is 6.53. The second-order valence-corrected chi connectivity index (χ2v) is 8.70. The molecule has 0 aromatic heterocycles. The van der Waals surface area contributed by atoms with E-state index >= 15 is 0 Å². The molecule has 3 unspecified atom stereocenters. The van der Waals surface area contributed by atoms with E-state index in [2.05, 4.69) is 5.32 Å². The van der Waals surface area contributed by atoms with Crippen LogP contribution in [0, 0.1) is 0 Å². The molecule has 3 aromatic rings. The largest absolute Gasteiger partial charge is 0.413 e. The van der Waals surface area contributed by atoms with Crippen LogP contribution in [-0.2, 0) is 15.2 Å². The summed E-state index contributed by atoms with van der Waals surface area (Å²) in [4.78, 5) is 30.5. The number of alkyl carbamates (subject to hydrolysis) is 1. The Morgan fingerprint density at radius 2 is 1.52 bits per heavy atom. The predicted molar refractivity (Wildman–Crippen MR) is 123 cm³/mol. The number of ether oxygens (including phenoxy) is 2. The molecule has 2 saturated heterocycles. The van der Waals surface area contributed by atoms with Crippen molar-refractivity contribution in [1.29, 1.82) is 0 Å². The van der Waals surface area contributed by atoms with Crippen LogP contribution in [0.25, 0.3) is 0 Å². The van der Waals surface area contributed by atoms with Crippen LogP contribution in [0.5, 0.6) is 0 Å². The molecule has 2 fully saturated rings. The van der Waals surface area contributed by atoms with E-state index in [0.29, 0.717) is 16.9 Å². The number of amides is 3. The van der Waals surface area contributed by atoms with Crippen LogP contribution >= 0.6 is 0 Å². The van der Waals surface area contributed by atoms with Crippen molar-refractivity contribution in [1.82, 2.24) is 5.32 Å². The van der Waals surface area contributed by atoms with E-state index in [1.165, 1.54) is 0 Å². The molecule has 3 aliphatic heterocycles. The standard InChI is InChI=1S/C26H23N3O4/c1-17(2)32-22-20-15-9-10-16-21(20)29-24(31)28(19-13-7-4-8-14-19)26(18-11-5-3-6-12-18)25(22,29)27-23(30)33-26/h3-17,22H,1-2H3,(H,27,30). The molecule has 7 heteroatoms. The van der Waals surface area contributed by atoms with Gasteiger partial charge in [-0.05, 0) is 32.0 Å². The summed E-state index contributed by atoms with van der Waals surface area (Å²) in [5.74, 6) is 0. The first kappa shape index (κ1) is 19.8. The van der Waals surface area contributed by atoms with Gasteiger partial charge < -0.3 is 9.47 Å². The van der Waals surface area contributed by atoms with E-state index < -0.39 is 23.6 Å². The minimum atomic E-state index is -1.50. The quantitative estimate of drug-likeness (QED) is 0.625. The molecule has 166 valence electrons. The third kappa shape index (κ3) is 2.37. The lowest BCUT2D eigenvalue weighted by Crippen LogP contribution is -2.64. The Morgan fingerprint density at radius 1 is 0.879 bits per heavy atom.